The van der Waals surface area contributed by atoms with E-state index in [1.165, 1.54) is 0 Å². The van der Waals surface area contributed by atoms with Crippen LogP contribution >= 0.6 is 0 Å². The van der Waals surface area contributed by atoms with E-state index in [1.807, 2.05) is 35.8 Å². The second-order valence-electron chi connectivity index (χ2n) is 7.07. The van der Waals surface area contributed by atoms with Crippen LogP contribution in [0.2, 0.25) is 0 Å². The van der Waals surface area contributed by atoms with Crippen LogP contribution in [0.1, 0.15) is 44.4 Å². The summed E-state index contributed by atoms with van der Waals surface area (Å²) >= 11 is 0. The molecule has 7 heteroatoms. The maximum Gasteiger partial charge on any atom is 0.245 e. The molecular weight excluding hydrogens is 330 g/mol. The second-order valence-corrected chi connectivity index (χ2v) is 7.07. The average Bonchev–Trinajstić information content (AvgIpc) is 3.15. The van der Waals surface area contributed by atoms with Gasteiger partial charge in [0.2, 0.25) is 17.7 Å². The topological polar surface area (TPSA) is 77.1 Å². The van der Waals surface area contributed by atoms with E-state index in [9.17, 15) is 4.79 Å². The number of aryl methyl sites for hydroxylation is 1. The van der Waals surface area contributed by atoms with Gasteiger partial charge in [0.1, 0.15) is 11.9 Å². The summed E-state index contributed by atoms with van der Waals surface area (Å²) in [5.74, 6) is 2.29. The Hall–Kier alpha value is -2.70. The zero-order chi connectivity index (χ0) is 18.8. The first kappa shape index (κ1) is 18.1. The Balaban J connectivity index is 1.90. The zero-order valence-electron chi connectivity index (χ0n) is 15.9. The second kappa shape index (κ2) is 7.27. The van der Waals surface area contributed by atoms with Gasteiger partial charge in [0.05, 0.1) is 17.6 Å². The van der Waals surface area contributed by atoms with Gasteiger partial charge >= 0.3 is 0 Å². The standard InChI is InChI=1S/C19H25N5O2/c1-12(2)10-17-20-15-8-6-7-9-16(15)24(17)13(3)19(25)23(5)11-18-22-21-14(4)26-18/h6-9,12-13H,10-11H2,1-5H3. The third kappa shape index (κ3) is 3.61. The molecule has 0 aliphatic rings. The van der Waals surface area contributed by atoms with Crippen molar-refractivity contribution in [1.82, 2.24) is 24.6 Å². The fraction of sp³-hybridized carbons (Fsp3) is 0.474. The van der Waals surface area contributed by atoms with Gasteiger partial charge in [-0.15, -0.1) is 10.2 Å². The molecular formula is C19H25N5O2. The summed E-state index contributed by atoms with van der Waals surface area (Å²) in [5, 5.41) is 7.78. The van der Waals surface area contributed by atoms with Crippen molar-refractivity contribution in [3.05, 3.63) is 41.9 Å². The van der Waals surface area contributed by atoms with Gasteiger partial charge in [0.25, 0.3) is 0 Å². The summed E-state index contributed by atoms with van der Waals surface area (Å²) < 4.78 is 7.43. The van der Waals surface area contributed by atoms with E-state index in [0.29, 0.717) is 17.7 Å². The van der Waals surface area contributed by atoms with Gasteiger partial charge < -0.3 is 13.9 Å². The molecule has 1 aromatic carbocycles. The molecule has 3 aromatic rings. The van der Waals surface area contributed by atoms with E-state index in [1.54, 1.807) is 18.9 Å². The predicted molar refractivity (Wildman–Crippen MR) is 98.5 cm³/mol. The predicted octanol–water partition coefficient (Wildman–Crippen LogP) is 3.15. The van der Waals surface area contributed by atoms with Gasteiger partial charge in [-0.25, -0.2) is 4.98 Å². The molecule has 0 bridgehead atoms. The van der Waals surface area contributed by atoms with Crippen LogP contribution in [0.4, 0.5) is 0 Å². The maximum absolute atomic E-state index is 13.0. The Kier molecular flexibility index (Phi) is 5.06. The number of imidazole rings is 1. The number of carbonyl (C=O) groups excluding carboxylic acids is 1. The highest BCUT2D eigenvalue weighted by Gasteiger charge is 2.25. The summed E-state index contributed by atoms with van der Waals surface area (Å²) in [7, 11) is 1.75. The Morgan fingerprint density at radius 3 is 2.62 bits per heavy atom. The molecule has 138 valence electrons. The van der Waals surface area contributed by atoms with Gasteiger partial charge in [0, 0.05) is 20.4 Å². The molecule has 2 heterocycles. The number of nitrogens with zero attached hydrogens (tertiary/aromatic N) is 5. The minimum atomic E-state index is -0.370. The van der Waals surface area contributed by atoms with Crippen molar-refractivity contribution in [2.75, 3.05) is 7.05 Å². The molecule has 1 atom stereocenters. The molecule has 0 aliphatic carbocycles. The molecule has 0 saturated carbocycles. The highest BCUT2D eigenvalue weighted by atomic mass is 16.4. The largest absolute Gasteiger partial charge is 0.424 e. The monoisotopic (exact) mass is 355 g/mol. The molecule has 0 radical (unpaired) electrons. The molecule has 1 unspecified atom stereocenters. The lowest BCUT2D eigenvalue weighted by molar-refractivity contribution is -0.133. The highest BCUT2D eigenvalue weighted by Crippen LogP contribution is 2.24. The first-order valence-electron chi connectivity index (χ1n) is 8.86. The number of hydrogen-bond donors (Lipinski definition) is 0. The average molecular weight is 355 g/mol. The van der Waals surface area contributed by atoms with Crippen molar-refractivity contribution in [1.29, 1.82) is 0 Å². The van der Waals surface area contributed by atoms with Gasteiger partial charge in [0.15, 0.2) is 0 Å². The van der Waals surface area contributed by atoms with Crippen LogP contribution in [0.25, 0.3) is 11.0 Å². The Labute approximate surface area is 153 Å². The molecule has 0 aliphatic heterocycles. The van der Waals surface area contributed by atoms with E-state index < -0.39 is 0 Å². The molecule has 3 rings (SSSR count). The van der Waals surface area contributed by atoms with E-state index in [4.69, 9.17) is 9.40 Å². The molecule has 0 spiro atoms. The van der Waals surface area contributed by atoms with Crippen LogP contribution in [-0.2, 0) is 17.8 Å². The van der Waals surface area contributed by atoms with Crippen LogP contribution in [0.15, 0.2) is 28.7 Å². The van der Waals surface area contributed by atoms with Gasteiger partial charge in [-0.05, 0) is 25.0 Å². The van der Waals surface area contributed by atoms with Gasteiger partial charge in [-0.3, -0.25) is 4.79 Å². The lowest BCUT2D eigenvalue weighted by Gasteiger charge is -2.23. The quantitative estimate of drug-likeness (QED) is 0.679. The number of benzene rings is 1. The van der Waals surface area contributed by atoms with Gasteiger partial charge in [-0.1, -0.05) is 26.0 Å². The maximum atomic E-state index is 13.0. The third-order valence-corrected chi connectivity index (χ3v) is 4.32. The van der Waals surface area contributed by atoms with Crippen LogP contribution in [0, 0.1) is 12.8 Å². The highest BCUT2D eigenvalue weighted by molar-refractivity contribution is 5.84. The fourth-order valence-corrected chi connectivity index (χ4v) is 3.15. The molecule has 2 aromatic heterocycles. The first-order valence-corrected chi connectivity index (χ1v) is 8.86. The number of rotatable bonds is 6. The molecule has 0 saturated heterocycles. The summed E-state index contributed by atoms with van der Waals surface area (Å²) in [6.07, 6.45) is 0.818. The number of hydrogen-bond acceptors (Lipinski definition) is 5. The summed E-state index contributed by atoms with van der Waals surface area (Å²) in [4.78, 5) is 19.4. The van der Waals surface area contributed by atoms with Crippen LogP contribution in [0.3, 0.4) is 0 Å². The van der Waals surface area contributed by atoms with Gasteiger partial charge in [-0.2, -0.15) is 0 Å². The van der Waals surface area contributed by atoms with Crippen molar-refractivity contribution < 1.29 is 9.21 Å². The fourth-order valence-electron chi connectivity index (χ4n) is 3.15. The normalized spacial score (nSPS) is 12.7. The van der Waals surface area contributed by atoms with Crippen molar-refractivity contribution in [3.63, 3.8) is 0 Å². The van der Waals surface area contributed by atoms with Crippen LogP contribution in [0.5, 0.6) is 0 Å². The SMILES string of the molecule is Cc1nnc(CN(C)C(=O)C(C)n2c(CC(C)C)nc3ccccc32)o1. The number of likely N-dealkylation sites (N-methyl/N-ethyl adjacent to an activating group) is 1. The number of fused-ring (bicyclic) bond motifs is 1. The van der Waals surface area contributed by atoms with E-state index in [-0.39, 0.29) is 18.5 Å². The van der Waals surface area contributed by atoms with Crippen molar-refractivity contribution >= 4 is 16.9 Å². The van der Waals surface area contributed by atoms with Crippen molar-refractivity contribution in [3.8, 4) is 0 Å². The minimum Gasteiger partial charge on any atom is -0.424 e. The van der Waals surface area contributed by atoms with Crippen LogP contribution < -0.4 is 0 Å². The molecule has 26 heavy (non-hydrogen) atoms. The number of para-hydroxylation sites is 2. The molecule has 0 fully saturated rings. The number of carbonyl (C=O) groups is 1. The lowest BCUT2D eigenvalue weighted by atomic mass is 10.1. The smallest absolute Gasteiger partial charge is 0.245 e. The molecule has 1 amide bonds. The Bertz CT molecular complexity index is 912. The summed E-state index contributed by atoms with van der Waals surface area (Å²) in [6.45, 7) is 8.24. The van der Waals surface area contributed by atoms with E-state index in [0.717, 1.165) is 23.3 Å². The van der Waals surface area contributed by atoms with Crippen LogP contribution in [-0.4, -0.2) is 37.6 Å². The summed E-state index contributed by atoms with van der Waals surface area (Å²) in [6, 6.07) is 7.57. The van der Waals surface area contributed by atoms with E-state index >= 15 is 0 Å². The minimum absolute atomic E-state index is 0.0194. The first-order chi connectivity index (χ1) is 12.4. The third-order valence-electron chi connectivity index (χ3n) is 4.32. The number of amides is 1. The van der Waals surface area contributed by atoms with Crippen molar-refractivity contribution in [2.45, 2.75) is 46.7 Å². The van der Waals surface area contributed by atoms with Crippen molar-refractivity contribution in [2.24, 2.45) is 5.92 Å². The Morgan fingerprint density at radius 1 is 1.23 bits per heavy atom. The molecule has 0 N–H and O–H groups in total. The Morgan fingerprint density at radius 2 is 1.96 bits per heavy atom. The summed E-state index contributed by atoms with van der Waals surface area (Å²) in [5.41, 5.74) is 1.89. The number of aromatic nitrogens is 4. The zero-order valence-corrected chi connectivity index (χ0v) is 15.9. The van der Waals surface area contributed by atoms with E-state index in [2.05, 4.69) is 24.0 Å². The lowest BCUT2D eigenvalue weighted by Crippen LogP contribution is -2.33. The molecule has 7 nitrogen and oxygen atoms in total.